The van der Waals surface area contributed by atoms with Gasteiger partial charge >= 0.3 is 0 Å². The van der Waals surface area contributed by atoms with Crippen molar-refractivity contribution >= 4 is 22.9 Å². The number of rotatable bonds is 6. The van der Waals surface area contributed by atoms with Gasteiger partial charge in [-0.25, -0.2) is 4.98 Å². The average Bonchev–Trinajstić information content (AvgIpc) is 2.93. The molecule has 0 atom stereocenters. The van der Waals surface area contributed by atoms with E-state index in [2.05, 4.69) is 15.2 Å². The summed E-state index contributed by atoms with van der Waals surface area (Å²) < 4.78 is 0. The SMILES string of the molecule is CN(C)CCCC(=O)Nc1ccc(-c2nccs2)cc1. The standard InChI is InChI=1S/C15H19N3OS/c1-18(2)10-3-4-14(19)17-13-7-5-12(6-8-13)15-16-9-11-20-15/h5-9,11H,3-4,10H2,1-2H3,(H,17,19). The molecule has 0 unspecified atom stereocenters. The lowest BCUT2D eigenvalue weighted by Crippen LogP contribution is -2.17. The van der Waals surface area contributed by atoms with Gasteiger partial charge in [0.1, 0.15) is 5.01 Å². The molecular weight excluding hydrogens is 270 g/mol. The number of carbonyl (C=O) groups is 1. The molecule has 20 heavy (non-hydrogen) atoms. The second-order valence-corrected chi connectivity index (χ2v) is 5.76. The molecule has 0 aliphatic rings. The van der Waals surface area contributed by atoms with Crippen LogP contribution < -0.4 is 5.32 Å². The first-order valence-electron chi connectivity index (χ1n) is 6.59. The second-order valence-electron chi connectivity index (χ2n) is 4.87. The van der Waals surface area contributed by atoms with Crippen molar-refractivity contribution in [1.82, 2.24) is 9.88 Å². The molecule has 0 fully saturated rings. The average molecular weight is 289 g/mol. The Hall–Kier alpha value is -1.72. The molecule has 1 aromatic heterocycles. The Labute approximate surface area is 123 Å². The monoisotopic (exact) mass is 289 g/mol. The van der Waals surface area contributed by atoms with Crippen LogP contribution in [0.4, 0.5) is 5.69 Å². The van der Waals surface area contributed by atoms with E-state index in [0.717, 1.165) is 29.2 Å². The third-order valence-corrected chi connectivity index (χ3v) is 3.68. The summed E-state index contributed by atoms with van der Waals surface area (Å²) in [5, 5.41) is 5.86. The first-order valence-corrected chi connectivity index (χ1v) is 7.47. The molecule has 0 aliphatic heterocycles. The van der Waals surface area contributed by atoms with Crippen LogP contribution >= 0.6 is 11.3 Å². The number of thiazole rings is 1. The number of hydrogen-bond donors (Lipinski definition) is 1. The van der Waals surface area contributed by atoms with E-state index in [9.17, 15) is 4.79 Å². The van der Waals surface area contributed by atoms with Gasteiger partial charge in [-0.3, -0.25) is 4.79 Å². The number of aromatic nitrogens is 1. The Bertz CT molecular complexity index is 535. The van der Waals surface area contributed by atoms with Crippen molar-refractivity contribution in [3.63, 3.8) is 0 Å². The van der Waals surface area contributed by atoms with Crippen LogP contribution in [-0.2, 0) is 4.79 Å². The lowest BCUT2D eigenvalue weighted by molar-refractivity contribution is -0.116. The molecule has 106 valence electrons. The highest BCUT2D eigenvalue weighted by Gasteiger charge is 2.04. The fourth-order valence-corrected chi connectivity index (χ4v) is 2.49. The van der Waals surface area contributed by atoms with Crippen molar-refractivity contribution in [2.75, 3.05) is 26.0 Å². The van der Waals surface area contributed by atoms with Crippen molar-refractivity contribution in [1.29, 1.82) is 0 Å². The molecule has 0 saturated heterocycles. The molecule has 0 bridgehead atoms. The van der Waals surface area contributed by atoms with Crippen LogP contribution in [0.3, 0.4) is 0 Å². The lowest BCUT2D eigenvalue weighted by atomic mass is 10.2. The van der Waals surface area contributed by atoms with Gasteiger partial charge in [0.25, 0.3) is 0 Å². The summed E-state index contributed by atoms with van der Waals surface area (Å²) in [5.74, 6) is 0.0637. The molecule has 1 N–H and O–H groups in total. The second kappa shape index (κ2) is 7.17. The fraction of sp³-hybridized carbons (Fsp3) is 0.333. The van der Waals surface area contributed by atoms with E-state index in [4.69, 9.17) is 0 Å². The minimum absolute atomic E-state index is 0.0637. The summed E-state index contributed by atoms with van der Waals surface area (Å²) in [5.41, 5.74) is 1.91. The van der Waals surface area contributed by atoms with Crippen LogP contribution in [0, 0.1) is 0 Å². The van der Waals surface area contributed by atoms with Crippen LogP contribution in [0.5, 0.6) is 0 Å². The van der Waals surface area contributed by atoms with Crippen molar-refractivity contribution in [2.45, 2.75) is 12.8 Å². The van der Waals surface area contributed by atoms with Crippen LogP contribution in [0.15, 0.2) is 35.8 Å². The zero-order chi connectivity index (χ0) is 14.4. The molecule has 1 heterocycles. The quantitative estimate of drug-likeness (QED) is 0.889. The molecule has 1 aromatic carbocycles. The molecule has 5 heteroatoms. The first kappa shape index (κ1) is 14.7. The largest absolute Gasteiger partial charge is 0.326 e. The molecule has 1 amide bonds. The predicted octanol–water partition coefficient (Wildman–Crippen LogP) is 3.09. The van der Waals surface area contributed by atoms with E-state index in [0.29, 0.717) is 6.42 Å². The Balaban J connectivity index is 1.86. The molecule has 0 radical (unpaired) electrons. The number of nitrogens with zero attached hydrogens (tertiary/aromatic N) is 2. The number of benzene rings is 1. The van der Waals surface area contributed by atoms with E-state index >= 15 is 0 Å². The maximum Gasteiger partial charge on any atom is 0.224 e. The van der Waals surface area contributed by atoms with Gasteiger partial charge in [-0.2, -0.15) is 0 Å². The Morgan fingerprint density at radius 1 is 1.30 bits per heavy atom. The zero-order valence-electron chi connectivity index (χ0n) is 11.8. The summed E-state index contributed by atoms with van der Waals surface area (Å²) in [4.78, 5) is 18.1. The normalized spacial score (nSPS) is 10.8. The molecule has 0 aliphatic carbocycles. The van der Waals surface area contributed by atoms with Crippen LogP contribution in [0.2, 0.25) is 0 Å². The van der Waals surface area contributed by atoms with Gasteiger partial charge in [0.2, 0.25) is 5.91 Å². The summed E-state index contributed by atoms with van der Waals surface area (Å²) in [7, 11) is 4.02. The Kier molecular flexibility index (Phi) is 5.26. The molecule has 2 aromatic rings. The number of hydrogen-bond acceptors (Lipinski definition) is 4. The van der Waals surface area contributed by atoms with E-state index in [1.54, 1.807) is 17.5 Å². The van der Waals surface area contributed by atoms with Gasteiger partial charge in [0, 0.05) is 29.2 Å². The van der Waals surface area contributed by atoms with Gasteiger partial charge in [0.05, 0.1) is 0 Å². The lowest BCUT2D eigenvalue weighted by Gasteiger charge is -2.09. The molecule has 0 spiro atoms. The van der Waals surface area contributed by atoms with Crippen molar-refractivity contribution < 1.29 is 4.79 Å². The summed E-state index contributed by atoms with van der Waals surface area (Å²) in [6.07, 6.45) is 3.21. The van der Waals surface area contributed by atoms with E-state index in [1.807, 2.05) is 43.7 Å². The molecular formula is C15H19N3OS. The zero-order valence-corrected chi connectivity index (χ0v) is 12.6. The van der Waals surface area contributed by atoms with Crippen molar-refractivity contribution in [3.05, 3.63) is 35.8 Å². The minimum atomic E-state index is 0.0637. The Morgan fingerprint density at radius 3 is 2.65 bits per heavy atom. The van der Waals surface area contributed by atoms with E-state index < -0.39 is 0 Å². The summed E-state index contributed by atoms with van der Waals surface area (Å²) in [6.45, 7) is 0.927. The minimum Gasteiger partial charge on any atom is -0.326 e. The summed E-state index contributed by atoms with van der Waals surface area (Å²) >= 11 is 1.61. The van der Waals surface area contributed by atoms with Crippen molar-refractivity contribution in [2.24, 2.45) is 0 Å². The van der Waals surface area contributed by atoms with Gasteiger partial charge in [-0.1, -0.05) is 0 Å². The highest BCUT2D eigenvalue weighted by molar-refractivity contribution is 7.13. The number of anilines is 1. The fourth-order valence-electron chi connectivity index (χ4n) is 1.84. The maximum atomic E-state index is 11.8. The number of amides is 1. The van der Waals surface area contributed by atoms with Crippen LogP contribution in [-0.4, -0.2) is 36.4 Å². The molecule has 0 saturated carbocycles. The van der Waals surface area contributed by atoms with Gasteiger partial charge < -0.3 is 10.2 Å². The van der Waals surface area contributed by atoms with Gasteiger partial charge in [-0.05, 0) is 51.3 Å². The Morgan fingerprint density at radius 2 is 2.05 bits per heavy atom. The van der Waals surface area contributed by atoms with Crippen LogP contribution in [0.25, 0.3) is 10.6 Å². The maximum absolute atomic E-state index is 11.8. The predicted molar refractivity (Wildman–Crippen MR) is 84.0 cm³/mol. The smallest absolute Gasteiger partial charge is 0.224 e. The summed E-state index contributed by atoms with van der Waals surface area (Å²) in [6, 6.07) is 7.80. The molecule has 2 rings (SSSR count). The number of carbonyl (C=O) groups excluding carboxylic acids is 1. The van der Waals surface area contributed by atoms with E-state index in [1.165, 1.54) is 0 Å². The van der Waals surface area contributed by atoms with E-state index in [-0.39, 0.29) is 5.91 Å². The van der Waals surface area contributed by atoms with Gasteiger partial charge in [-0.15, -0.1) is 11.3 Å². The first-order chi connectivity index (χ1) is 9.65. The molecule has 4 nitrogen and oxygen atoms in total. The third kappa shape index (κ3) is 4.43. The van der Waals surface area contributed by atoms with Crippen LogP contribution in [0.1, 0.15) is 12.8 Å². The number of nitrogens with one attached hydrogen (secondary N) is 1. The van der Waals surface area contributed by atoms with Gasteiger partial charge in [0.15, 0.2) is 0 Å². The topological polar surface area (TPSA) is 45.2 Å². The highest BCUT2D eigenvalue weighted by atomic mass is 32.1. The highest BCUT2D eigenvalue weighted by Crippen LogP contribution is 2.23. The third-order valence-electron chi connectivity index (χ3n) is 2.86. The van der Waals surface area contributed by atoms with Crippen molar-refractivity contribution in [3.8, 4) is 10.6 Å².